The number of nitrogens with zero attached hydrogens (tertiary/aromatic N) is 2. The van der Waals surface area contributed by atoms with Crippen LogP contribution in [0.25, 0.3) is 0 Å². The van der Waals surface area contributed by atoms with Gasteiger partial charge in [-0.3, -0.25) is 4.79 Å². The highest BCUT2D eigenvalue weighted by atomic mass is 16.5. The summed E-state index contributed by atoms with van der Waals surface area (Å²) in [4.78, 5) is 18.4. The van der Waals surface area contributed by atoms with Gasteiger partial charge in [-0.25, -0.2) is 4.98 Å². The van der Waals surface area contributed by atoms with E-state index in [1.807, 2.05) is 0 Å². The molecule has 0 unspecified atom stereocenters. The first-order valence-corrected chi connectivity index (χ1v) is 6.65. The average molecular weight is 291 g/mol. The highest BCUT2D eigenvalue weighted by Gasteiger charge is 2.19. The predicted octanol–water partition coefficient (Wildman–Crippen LogP) is 0.127. The maximum atomic E-state index is 12.6. The third-order valence-corrected chi connectivity index (χ3v) is 2.75. The van der Waals surface area contributed by atoms with Crippen LogP contribution in [0.5, 0.6) is 0 Å². The molecular formula is C15H21N3O3. The number of nitrogens with two attached hydrogens (primary N) is 1. The second-order valence-electron chi connectivity index (χ2n) is 4.18. The highest BCUT2D eigenvalue weighted by Crippen LogP contribution is 2.08. The third kappa shape index (κ3) is 5.52. The molecule has 0 aliphatic rings. The Bertz CT molecular complexity index is 500. The molecule has 6 nitrogen and oxygen atoms in total. The standard InChI is InChI=1S/C15H21N3O3/c1-20-11-9-18(10-12-21-2)15(19)14-13(5-3-7-16)6-4-8-17-14/h4,6,8H,7,9-12,16H2,1-2H3. The Morgan fingerprint density at radius 2 is 2.00 bits per heavy atom. The monoisotopic (exact) mass is 291 g/mol. The summed E-state index contributed by atoms with van der Waals surface area (Å²) in [5.74, 6) is 5.43. The largest absolute Gasteiger partial charge is 0.383 e. The van der Waals surface area contributed by atoms with E-state index in [0.29, 0.717) is 37.6 Å². The van der Waals surface area contributed by atoms with E-state index < -0.39 is 0 Å². The first kappa shape index (κ1) is 17.1. The predicted molar refractivity (Wildman–Crippen MR) is 79.8 cm³/mol. The lowest BCUT2D eigenvalue weighted by atomic mass is 10.1. The van der Waals surface area contributed by atoms with Crippen molar-refractivity contribution in [2.24, 2.45) is 5.73 Å². The van der Waals surface area contributed by atoms with Gasteiger partial charge in [0.2, 0.25) is 0 Å². The van der Waals surface area contributed by atoms with Crippen molar-refractivity contribution in [1.82, 2.24) is 9.88 Å². The summed E-state index contributed by atoms with van der Waals surface area (Å²) in [5.41, 5.74) is 6.27. The maximum absolute atomic E-state index is 12.6. The first-order valence-electron chi connectivity index (χ1n) is 6.65. The molecule has 0 bridgehead atoms. The van der Waals surface area contributed by atoms with Crippen molar-refractivity contribution < 1.29 is 14.3 Å². The molecule has 0 aliphatic carbocycles. The Morgan fingerprint density at radius 3 is 2.57 bits per heavy atom. The van der Waals surface area contributed by atoms with Crippen LogP contribution in [0.4, 0.5) is 0 Å². The van der Waals surface area contributed by atoms with Gasteiger partial charge in [-0.15, -0.1) is 0 Å². The molecule has 2 N–H and O–H groups in total. The fraction of sp³-hybridized carbons (Fsp3) is 0.467. The van der Waals surface area contributed by atoms with Gasteiger partial charge in [-0.2, -0.15) is 0 Å². The number of ether oxygens (including phenoxy) is 2. The molecule has 0 saturated carbocycles. The average Bonchev–Trinajstić information content (AvgIpc) is 2.52. The van der Waals surface area contributed by atoms with Gasteiger partial charge >= 0.3 is 0 Å². The summed E-state index contributed by atoms with van der Waals surface area (Å²) >= 11 is 0. The van der Waals surface area contributed by atoms with Crippen LogP contribution in [0.3, 0.4) is 0 Å². The van der Waals surface area contributed by atoms with Crippen LogP contribution in [0.15, 0.2) is 18.3 Å². The van der Waals surface area contributed by atoms with Crippen LogP contribution in [0.1, 0.15) is 16.1 Å². The van der Waals surface area contributed by atoms with Gasteiger partial charge in [-0.05, 0) is 12.1 Å². The number of amides is 1. The molecule has 0 atom stereocenters. The third-order valence-electron chi connectivity index (χ3n) is 2.75. The minimum absolute atomic E-state index is 0.189. The number of hydrogen-bond acceptors (Lipinski definition) is 5. The lowest BCUT2D eigenvalue weighted by Crippen LogP contribution is -2.37. The van der Waals surface area contributed by atoms with E-state index in [1.165, 1.54) is 0 Å². The van der Waals surface area contributed by atoms with Gasteiger partial charge in [0.15, 0.2) is 0 Å². The Balaban J connectivity index is 2.96. The van der Waals surface area contributed by atoms with Gasteiger partial charge in [0.25, 0.3) is 5.91 Å². The Labute approximate surface area is 125 Å². The molecule has 1 amide bonds. The SMILES string of the molecule is COCCN(CCOC)C(=O)c1ncccc1C#CCN. The number of carbonyl (C=O) groups is 1. The fourth-order valence-corrected chi connectivity index (χ4v) is 1.69. The van der Waals surface area contributed by atoms with Crippen LogP contribution in [0, 0.1) is 11.8 Å². The number of aromatic nitrogens is 1. The van der Waals surface area contributed by atoms with Crippen molar-refractivity contribution in [3.8, 4) is 11.8 Å². The summed E-state index contributed by atoms with van der Waals surface area (Å²) in [6.07, 6.45) is 1.58. The smallest absolute Gasteiger partial charge is 0.273 e. The van der Waals surface area contributed by atoms with Gasteiger partial charge in [-0.1, -0.05) is 11.8 Å². The normalized spacial score (nSPS) is 9.86. The number of carbonyl (C=O) groups excluding carboxylic acids is 1. The van der Waals surface area contributed by atoms with Gasteiger partial charge in [0.05, 0.1) is 25.3 Å². The molecule has 1 rings (SSSR count). The molecule has 114 valence electrons. The molecule has 1 aromatic rings. The summed E-state index contributed by atoms with van der Waals surface area (Å²) in [7, 11) is 3.19. The molecule has 0 aliphatic heterocycles. The van der Waals surface area contributed by atoms with Crippen LogP contribution in [0.2, 0.25) is 0 Å². The number of methoxy groups -OCH3 is 2. The van der Waals surface area contributed by atoms with Crippen LogP contribution in [-0.2, 0) is 9.47 Å². The molecule has 0 spiro atoms. The zero-order valence-electron chi connectivity index (χ0n) is 12.5. The number of hydrogen-bond donors (Lipinski definition) is 1. The van der Waals surface area contributed by atoms with Gasteiger partial charge in [0, 0.05) is 33.5 Å². The summed E-state index contributed by atoms with van der Waals surface area (Å²) in [6, 6.07) is 3.50. The molecule has 0 radical (unpaired) electrons. The molecule has 6 heteroatoms. The summed E-state index contributed by atoms with van der Waals surface area (Å²) in [5, 5.41) is 0. The van der Waals surface area contributed by atoms with E-state index in [0.717, 1.165) is 0 Å². The number of pyridine rings is 1. The highest BCUT2D eigenvalue weighted by molar-refractivity contribution is 5.94. The van der Waals surface area contributed by atoms with Crippen molar-refractivity contribution in [2.45, 2.75) is 0 Å². The molecule has 0 aromatic carbocycles. The number of rotatable bonds is 7. The van der Waals surface area contributed by atoms with E-state index in [1.54, 1.807) is 37.4 Å². The minimum Gasteiger partial charge on any atom is -0.383 e. The van der Waals surface area contributed by atoms with E-state index in [2.05, 4.69) is 16.8 Å². The minimum atomic E-state index is -0.189. The first-order chi connectivity index (χ1) is 10.2. The lowest BCUT2D eigenvalue weighted by molar-refractivity contribution is 0.0621. The lowest BCUT2D eigenvalue weighted by Gasteiger charge is -2.22. The summed E-state index contributed by atoms with van der Waals surface area (Å²) in [6.45, 7) is 2.08. The van der Waals surface area contributed by atoms with Crippen molar-refractivity contribution in [2.75, 3.05) is 47.1 Å². The quantitative estimate of drug-likeness (QED) is 0.722. The van der Waals surface area contributed by atoms with Gasteiger partial charge < -0.3 is 20.1 Å². The Kier molecular flexibility index (Phi) is 8.05. The van der Waals surface area contributed by atoms with Crippen LogP contribution < -0.4 is 5.73 Å². The van der Waals surface area contributed by atoms with Crippen LogP contribution >= 0.6 is 0 Å². The van der Waals surface area contributed by atoms with E-state index in [4.69, 9.17) is 15.2 Å². The van der Waals surface area contributed by atoms with Crippen LogP contribution in [-0.4, -0.2) is 62.9 Å². The second kappa shape index (κ2) is 9.88. The summed E-state index contributed by atoms with van der Waals surface area (Å²) < 4.78 is 10.1. The molecule has 1 heterocycles. The topological polar surface area (TPSA) is 77.7 Å². The molecule has 21 heavy (non-hydrogen) atoms. The fourth-order valence-electron chi connectivity index (χ4n) is 1.69. The Morgan fingerprint density at radius 1 is 1.33 bits per heavy atom. The molecule has 0 saturated heterocycles. The zero-order valence-corrected chi connectivity index (χ0v) is 12.5. The van der Waals surface area contributed by atoms with Crippen molar-refractivity contribution >= 4 is 5.91 Å². The molecular weight excluding hydrogens is 270 g/mol. The van der Waals surface area contributed by atoms with Crippen molar-refractivity contribution in [3.05, 3.63) is 29.6 Å². The van der Waals surface area contributed by atoms with Crippen molar-refractivity contribution in [1.29, 1.82) is 0 Å². The maximum Gasteiger partial charge on any atom is 0.273 e. The van der Waals surface area contributed by atoms with Gasteiger partial charge in [0.1, 0.15) is 5.69 Å². The molecule has 0 fully saturated rings. The second-order valence-corrected chi connectivity index (χ2v) is 4.18. The molecule has 1 aromatic heterocycles. The van der Waals surface area contributed by atoms with E-state index >= 15 is 0 Å². The van der Waals surface area contributed by atoms with Crippen molar-refractivity contribution in [3.63, 3.8) is 0 Å². The van der Waals surface area contributed by atoms with E-state index in [-0.39, 0.29) is 12.5 Å². The Hall–Kier alpha value is -1.94. The van der Waals surface area contributed by atoms with E-state index in [9.17, 15) is 4.79 Å². The zero-order chi connectivity index (χ0) is 15.5.